The zero-order valence-corrected chi connectivity index (χ0v) is 17.1. The maximum atomic E-state index is 13.7. The number of rotatable bonds is 0. The minimum absolute atomic E-state index is 0.135. The maximum Gasteiger partial charge on any atom is 0.175 e. The van der Waals surface area contributed by atoms with Gasteiger partial charge in [0.15, 0.2) is 11.6 Å². The minimum Gasteiger partial charge on any atom is -0.293 e. The zero-order chi connectivity index (χ0) is 21.1. The van der Waals surface area contributed by atoms with E-state index in [1.807, 2.05) is 36.4 Å². The summed E-state index contributed by atoms with van der Waals surface area (Å²) < 4.78 is 0. The van der Waals surface area contributed by atoms with Crippen LogP contribution in [0.2, 0.25) is 0 Å². The molecule has 2 unspecified atom stereocenters. The third-order valence-corrected chi connectivity index (χ3v) is 7.70. The Labute approximate surface area is 184 Å². The molecule has 4 aliphatic rings. The fourth-order valence-electron chi connectivity index (χ4n) is 6.38. The van der Waals surface area contributed by atoms with E-state index in [4.69, 9.17) is 0 Å². The van der Waals surface area contributed by atoms with Gasteiger partial charge in [-0.3, -0.25) is 9.59 Å². The predicted molar refractivity (Wildman–Crippen MR) is 127 cm³/mol. The Hall–Kier alpha value is -4.04. The number of benzene rings is 4. The van der Waals surface area contributed by atoms with Crippen LogP contribution in [0.15, 0.2) is 72.8 Å². The van der Waals surface area contributed by atoms with Crippen molar-refractivity contribution in [3.63, 3.8) is 0 Å². The first-order chi connectivity index (χ1) is 15.7. The number of carbonyl (C=O) groups excluding carboxylic acids is 2. The molecule has 8 rings (SSSR count). The van der Waals surface area contributed by atoms with Gasteiger partial charge in [0.25, 0.3) is 0 Å². The number of allylic oxidation sites excluding steroid dienone is 2. The van der Waals surface area contributed by atoms with E-state index in [1.54, 1.807) is 0 Å². The SMILES string of the molecule is O=C1c2ccc3c4c(ccc(c24)C2=Cc4ccccc4C12)C(=O)C1C3=Cc2ccccc21. The van der Waals surface area contributed by atoms with Crippen LogP contribution in [0.5, 0.6) is 0 Å². The van der Waals surface area contributed by atoms with Crippen LogP contribution in [0.3, 0.4) is 0 Å². The Kier molecular flexibility index (Phi) is 2.81. The topological polar surface area (TPSA) is 34.1 Å². The number of hydrogen-bond donors (Lipinski definition) is 0. The minimum atomic E-state index is -0.250. The van der Waals surface area contributed by atoms with Gasteiger partial charge < -0.3 is 0 Å². The van der Waals surface area contributed by atoms with Crippen molar-refractivity contribution in [2.45, 2.75) is 11.8 Å². The first-order valence-corrected chi connectivity index (χ1v) is 11.0. The second-order valence-corrected chi connectivity index (χ2v) is 9.12. The summed E-state index contributed by atoms with van der Waals surface area (Å²) in [5, 5.41) is 1.90. The molecule has 0 heterocycles. The Morgan fingerprint density at radius 1 is 0.469 bits per heavy atom. The lowest BCUT2D eigenvalue weighted by Gasteiger charge is -2.30. The van der Waals surface area contributed by atoms with Crippen molar-refractivity contribution < 1.29 is 9.59 Å². The molecule has 2 nitrogen and oxygen atoms in total. The smallest absolute Gasteiger partial charge is 0.175 e. The summed E-state index contributed by atoms with van der Waals surface area (Å²) in [6.07, 6.45) is 4.31. The molecule has 0 aromatic heterocycles. The van der Waals surface area contributed by atoms with Crippen molar-refractivity contribution in [3.05, 3.63) is 117 Å². The van der Waals surface area contributed by atoms with Crippen LogP contribution >= 0.6 is 0 Å². The number of hydrogen-bond acceptors (Lipinski definition) is 2. The van der Waals surface area contributed by atoms with Gasteiger partial charge in [-0.1, -0.05) is 72.8 Å². The molecule has 148 valence electrons. The highest BCUT2D eigenvalue weighted by atomic mass is 16.1. The van der Waals surface area contributed by atoms with Crippen molar-refractivity contribution >= 4 is 45.6 Å². The molecule has 2 heteroatoms. The second kappa shape index (κ2) is 5.41. The van der Waals surface area contributed by atoms with E-state index in [2.05, 4.69) is 48.6 Å². The highest BCUT2D eigenvalue weighted by Gasteiger charge is 2.43. The maximum absolute atomic E-state index is 13.7. The molecule has 0 spiro atoms. The fourth-order valence-corrected chi connectivity index (χ4v) is 6.38. The van der Waals surface area contributed by atoms with E-state index in [9.17, 15) is 9.59 Å². The number of Topliss-reactive ketones (excluding diaryl/α,β-unsaturated/α-hetero) is 2. The van der Waals surface area contributed by atoms with E-state index >= 15 is 0 Å². The molecule has 0 radical (unpaired) electrons. The number of fused-ring (bicyclic) bond motifs is 8. The van der Waals surface area contributed by atoms with Crippen molar-refractivity contribution in [3.8, 4) is 0 Å². The van der Waals surface area contributed by atoms with E-state index in [1.165, 1.54) is 0 Å². The molecule has 0 N–H and O–H groups in total. The van der Waals surface area contributed by atoms with E-state index in [0.29, 0.717) is 0 Å². The van der Waals surface area contributed by atoms with Gasteiger partial charge in [0.05, 0.1) is 11.8 Å². The normalized spacial score (nSPS) is 21.0. The van der Waals surface area contributed by atoms with Crippen LogP contribution in [-0.4, -0.2) is 11.6 Å². The highest BCUT2D eigenvalue weighted by Crippen LogP contribution is 2.55. The van der Waals surface area contributed by atoms with Gasteiger partial charge in [0, 0.05) is 21.9 Å². The lowest BCUT2D eigenvalue weighted by Crippen LogP contribution is -2.22. The summed E-state index contributed by atoms with van der Waals surface area (Å²) in [7, 11) is 0. The lowest BCUT2D eigenvalue weighted by molar-refractivity contribution is 0.0970. The molecular formula is C30H16O2. The number of carbonyl (C=O) groups is 2. The van der Waals surface area contributed by atoms with Crippen LogP contribution in [0.4, 0.5) is 0 Å². The zero-order valence-electron chi connectivity index (χ0n) is 17.1. The molecule has 4 aliphatic carbocycles. The summed E-state index contributed by atoms with van der Waals surface area (Å²) >= 11 is 0. The first-order valence-electron chi connectivity index (χ1n) is 11.0. The Balaban J connectivity index is 1.46. The van der Waals surface area contributed by atoms with Gasteiger partial charge >= 0.3 is 0 Å². The van der Waals surface area contributed by atoms with Crippen LogP contribution in [0, 0.1) is 0 Å². The molecule has 0 amide bonds. The van der Waals surface area contributed by atoms with Gasteiger partial charge in [-0.25, -0.2) is 0 Å². The quantitative estimate of drug-likeness (QED) is 0.332. The van der Waals surface area contributed by atoms with E-state index in [-0.39, 0.29) is 23.4 Å². The lowest BCUT2D eigenvalue weighted by atomic mass is 9.70. The third kappa shape index (κ3) is 1.76. The van der Waals surface area contributed by atoms with Gasteiger partial charge in [-0.05, 0) is 56.7 Å². The van der Waals surface area contributed by atoms with Crippen LogP contribution in [0.1, 0.15) is 65.9 Å². The van der Waals surface area contributed by atoms with Gasteiger partial charge in [0.2, 0.25) is 0 Å². The summed E-state index contributed by atoms with van der Waals surface area (Å²) in [6.45, 7) is 0. The standard InChI is InChI=1S/C30H16O2/c31-29-21-12-10-20-24-14-16-6-2-4-8-18(16)28(24)30(32)22-11-9-19(25(21)26(20)22)23-13-15-5-1-3-7-17(15)27(23)29/h1-14,27-28H. The summed E-state index contributed by atoms with van der Waals surface area (Å²) in [5.74, 6) is -0.230. The van der Waals surface area contributed by atoms with E-state index < -0.39 is 0 Å². The molecule has 0 aliphatic heterocycles. The summed E-state index contributed by atoms with van der Waals surface area (Å²) in [6, 6.07) is 24.4. The molecule has 0 saturated heterocycles. The van der Waals surface area contributed by atoms with Crippen LogP contribution in [-0.2, 0) is 0 Å². The van der Waals surface area contributed by atoms with Gasteiger partial charge in [-0.2, -0.15) is 0 Å². The molecule has 0 saturated carbocycles. The monoisotopic (exact) mass is 408 g/mol. The van der Waals surface area contributed by atoms with Crippen molar-refractivity contribution in [2.24, 2.45) is 0 Å². The van der Waals surface area contributed by atoms with E-state index in [0.717, 1.165) is 66.4 Å². The average Bonchev–Trinajstić information content (AvgIpc) is 3.40. The molecule has 0 bridgehead atoms. The van der Waals surface area contributed by atoms with Crippen LogP contribution < -0.4 is 0 Å². The van der Waals surface area contributed by atoms with Crippen LogP contribution in [0.25, 0.3) is 34.1 Å². The largest absolute Gasteiger partial charge is 0.293 e. The molecule has 0 fully saturated rings. The van der Waals surface area contributed by atoms with Gasteiger partial charge in [0.1, 0.15) is 0 Å². The highest BCUT2D eigenvalue weighted by molar-refractivity contribution is 6.32. The molecule has 32 heavy (non-hydrogen) atoms. The molecule has 2 atom stereocenters. The van der Waals surface area contributed by atoms with Crippen molar-refractivity contribution in [2.75, 3.05) is 0 Å². The number of ketones is 2. The predicted octanol–water partition coefficient (Wildman–Crippen LogP) is 6.51. The summed E-state index contributed by atoms with van der Waals surface area (Å²) in [4.78, 5) is 27.4. The molecular weight excluding hydrogens is 392 g/mol. The second-order valence-electron chi connectivity index (χ2n) is 9.12. The fraction of sp³-hybridized carbons (Fsp3) is 0.0667. The first kappa shape index (κ1) is 16.6. The summed E-state index contributed by atoms with van der Waals surface area (Å²) in [5.41, 5.74) is 10.2. The Morgan fingerprint density at radius 2 is 0.875 bits per heavy atom. The van der Waals surface area contributed by atoms with Crippen molar-refractivity contribution in [1.29, 1.82) is 0 Å². The Morgan fingerprint density at radius 3 is 1.34 bits per heavy atom. The Bertz CT molecular complexity index is 1540. The third-order valence-electron chi connectivity index (χ3n) is 7.70. The molecule has 4 aromatic carbocycles. The van der Waals surface area contributed by atoms with Gasteiger partial charge in [-0.15, -0.1) is 0 Å². The average molecular weight is 408 g/mol. The van der Waals surface area contributed by atoms with Crippen molar-refractivity contribution in [1.82, 2.24) is 0 Å². The molecule has 4 aromatic rings.